The van der Waals surface area contributed by atoms with Gasteiger partial charge in [-0.3, -0.25) is 0 Å². The Labute approximate surface area is 380 Å². The third-order valence-electron chi connectivity index (χ3n) is 14.2. The van der Waals surface area contributed by atoms with E-state index in [1.165, 1.54) is 76.3 Å². The van der Waals surface area contributed by atoms with Gasteiger partial charge >= 0.3 is 0 Å². The summed E-state index contributed by atoms with van der Waals surface area (Å²) in [5.74, 6) is 1.80. The summed E-state index contributed by atoms with van der Waals surface area (Å²) in [6.45, 7) is -0.0449. The monoisotopic (exact) mass is 840 g/mol. The fraction of sp³-hybridized carbons (Fsp3) is 0. The second-order valence-corrected chi connectivity index (χ2v) is 17.6. The van der Waals surface area contributed by atoms with E-state index in [-0.39, 0.29) is 6.71 Å². The van der Waals surface area contributed by atoms with E-state index < -0.39 is 0 Å². The van der Waals surface area contributed by atoms with E-state index in [0.29, 0.717) is 0 Å². The molecular weight excluding hydrogens is 803 g/mol. The lowest BCUT2D eigenvalue weighted by molar-refractivity contribution is 0.487. The molecule has 3 aromatic heterocycles. The van der Waals surface area contributed by atoms with Crippen molar-refractivity contribution >= 4 is 106 Å². The molecule has 0 amide bonds. The van der Waals surface area contributed by atoms with E-state index in [9.17, 15) is 0 Å². The number of benzene rings is 10. The van der Waals surface area contributed by atoms with Crippen LogP contribution >= 0.6 is 0 Å². The molecule has 13 aromatic rings. The van der Waals surface area contributed by atoms with Gasteiger partial charge in [0.05, 0.1) is 33.1 Å². The molecule has 2 aliphatic heterocycles. The molecule has 0 bridgehead atoms. The Hall–Kier alpha value is -8.74. The molecule has 15 rings (SSSR count). The summed E-state index contributed by atoms with van der Waals surface area (Å²) in [7, 11) is 0. The first-order valence-corrected chi connectivity index (χ1v) is 22.7. The average Bonchev–Trinajstić information content (AvgIpc) is 4.03. The molecule has 6 heteroatoms. The smallest absolute Gasteiger partial charge is 0.256 e. The minimum Gasteiger partial charge on any atom is -0.458 e. The van der Waals surface area contributed by atoms with Crippen molar-refractivity contribution in [2.75, 3.05) is 4.90 Å². The molecule has 66 heavy (non-hydrogen) atoms. The van der Waals surface area contributed by atoms with Gasteiger partial charge in [-0.05, 0) is 107 Å². The predicted octanol–water partition coefficient (Wildman–Crippen LogP) is 13.4. The highest BCUT2D eigenvalue weighted by Gasteiger charge is 2.42. The molecule has 306 valence electrons. The molecule has 0 fully saturated rings. The third-order valence-corrected chi connectivity index (χ3v) is 14.2. The Bertz CT molecular complexity index is 4080. The van der Waals surface area contributed by atoms with Crippen molar-refractivity contribution in [3.63, 3.8) is 0 Å². The van der Waals surface area contributed by atoms with Crippen molar-refractivity contribution in [2.24, 2.45) is 0 Å². The summed E-state index contributed by atoms with van der Waals surface area (Å²) < 4.78 is 14.3. The number of anilines is 3. The molecule has 2 aliphatic rings. The number of aromatic nitrogens is 3. The summed E-state index contributed by atoms with van der Waals surface area (Å²) in [4.78, 5) is 2.42. The second-order valence-electron chi connectivity index (χ2n) is 17.6. The maximum absolute atomic E-state index is 6.75. The van der Waals surface area contributed by atoms with Gasteiger partial charge in [-0.1, -0.05) is 133 Å². The standard InChI is InChI=1S/C60H37BN4O/c1-4-19-38(20-5-1)62-50-36-35-41(37-46(50)61-45-28-13-17-33-52(45)66-53-34-18-32-51(62)57(53)61)65-49-31-16-12-27-44(49)56-59-54(42-25-10-14-29-47(42)63(59)39-21-6-2-7-22-39)58-55(60(56)65)43-26-11-15-30-48(43)64(58)40-23-8-3-9-24-40/h1-37H. The zero-order valence-electron chi connectivity index (χ0n) is 35.6. The molecule has 0 saturated carbocycles. The van der Waals surface area contributed by atoms with Crippen LogP contribution in [-0.4, -0.2) is 20.4 Å². The molecule has 0 saturated heterocycles. The lowest BCUT2D eigenvalue weighted by Crippen LogP contribution is -2.59. The Kier molecular flexibility index (Phi) is 7.24. The lowest BCUT2D eigenvalue weighted by Gasteiger charge is -2.40. The topological polar surface area (TPSA) is 27.3 Å². The molecular formula is C60H37BN4O. The first-order valence-electron chi connectivity index (χ1n) is 22.7. The number of hydrogen-bond acceptors (Lipinski definition) is 2. The first kappa shape index (κ1) is 35.7. The molecule has 10 aromatic carbocycles. The van der Waals surface area contributed by atoms with E-state index in [1.807, 2.05) is 0 Å². The van der Waals surface area contributed by atoms with Gasteiger partial charge in [-0.2, -0.15) is 0 Å². The zero-order valence-corrected chi connectivity index (χ0v) is 35.6. The summed E-state index contributed by atoms with van der Waals surface area (Å²) in [5, 5.41) is 7.36. The van der Waals surface area contributed by atoms with Crippen LogP contribution in [0.3, 0.4) is 0 Å². The second kappa shape index (κ2) is 13.4. The van der Waals surface area contributed by atoms with Crippen LogP contribution in [0.15, 0.2) is 224 Å². The summed E-state index contributed by atoms with van der Waals surface area (Å²) >= 11 is 0. The highest BCUT2D eigenvalue weighted by Crippen LogP contribution is 2.50. The van der Waals surface area contributed by atoms with Crippen molar-refractivity contribution in [1.82, 2.24) is 13.7 Å². The van der Waals surface area contributed by atoms with Gasteiger partial charge < -0.3 is 23.3 Å². The van der Waals surface area contributed by atoms with Crippen molar-refractivity contribution in [3.8, 4) is 28.6 Å². The van der Waals surface area contributed by atoms with Crippen LogP contribution in [0.5, 0.6) is 11.5 Å². The van der Waals surface area contributed by atoms with Crippen LogP contribution in [0.4, 0.5) is 17.1 Å². The van der Waals surface area contributed by atoms with Crippen molar-refractivity contribution < 1.29 is 4.74 Å². The van der Waals surface area contributed by atoms with Gasteiger partial charge in [0.1, 0.15) is 11.5 Å². The number of rotatable bonds is 4. The molecule has 0 N–H and O–H groups in total. The van der Waals surface area contributed by atoms with Crippen LogP contribution in [0, 0.1) is 0 Å². The maximum Gasteiger partial charge on any atom is 0.256 e. The molecule has 0 atom stereocenters. The number of ether oxygens (including phenoxy) is 1. The number of nitrogens with zero attached hydrogens (tertiary/aromatic N) is 4. The highest BCUT2D eigenvalue weighted by atomic mass is 16.5. The minimum absolute atomic E-state index is 0.0449. The first-order chi connectivity index (χ1) is 32.8. The van der Waals surface area contributed by atoms with Gasteiger partial charge in [0.2, 0.25) is 0 Å². The largest absolute Gasteiger partial charge is 0.458 e. The Morgan fingerprint density at radius 1 is 0.318 bits per heavy atom. The van der Waals surface area contributed by atoms with Crippen LogP contribution in [0.2, 0.25) is 0 Å². The molecule has 0 unspecified atom stereocenters. The maximum atomic E-state index is 6.75. The normalized spacial score (nSPS) is 12.9. The molecule has 0 spiro atoms. The molecule has 0 aliphatic carbocycles. The van der Waals surface area contributed by atoms with Crippen LogP contribution in [0.25, 0.3) is 82.5 Å². The molecule has 5 heterocycles. The van der Waals surface area contributed by atoms with Crippen molar-refractivity contribution in [3.05, 3.63) is 224 Å². The van der Waals surface area contributed by atoms with Gasteiger partial charge in [-0.15, -0.1) is 0 Å². The van der Waals surface area contributed by atoms with Gasteiger partial charge in [0, 0.05) is 66.4 Å². The van der Waals surface area contributed by atoms with Crippen molar-refractivity contribution in [1.29, 1.82) is 0 Å². The lowest BCUT2D eigenvalue weighted by atomic mass is 9.34. The predicted molar refractivity (Wildman–Crippen MR) is 275 cm³/mol. The van der Waals surface area contributed by atoms with E-state index >= 15 is 0 Å². The SMILES string of the molecule is c1ccc(N2c3ccc(-n4c5ccccc5c5c6c(c7ccccc7n6-c6ccccc6)c6c(c7ccccc7n6-c6ccccc6)c54)cc3B3c4ccccc4Oc4cccc2c43)cc1. The Morgan fingerprint density at radius 2 is 0.773 bits per heavy atom. The summed E-state index contributed by atoms with van der Waals surface area (Å²) in [6, 6.07) is 81.8. The number of hydrogen-bond donors (Lipinski definition) is 0. The van der Waals surface area contributed by atoms with Gasteiger partial charge in [0.15, 0.2) is 0 Å². The van der Waals surface area contributed by atoms with Gasteiger partial charge in [0.25, 0.3) is 6.71 Å². The number of para-hydroxylation sites is 7. The van der Waals surface area contributed by atoms with E-state index in [0.717, 1.165) is 51.1 Å². The quantitative estimate of drug-likeness (QED) is 0.165. The Morgan fingerprint density at radius 3 is 1.33 bits per heavy atom. The average molecular weight is 841 g/mol. The van der Waals surface area contributed by atoms with E-state index in [2.05, 4.69) is 243 Å². The van der Waals surface area contributed by atoms with Crippen LogP contribution in [-0.2, 0) is 0 Å². The minimum atomic E-state index is -0.0449. The Balaban J connectivity index is 1.15. The van der Waals surface area contributed by atoms with E-state index in [1.54, 1.807) is 0 Å². The zero-order chi connectivity index (χ0) is 43.0. The molecule has 0 radical (unpaired) electrons. The van der Waals surface area contributed by atoms with Crippen LogP contribution in [0.1, 0.15) is 0 Å². The summed E-state index contributed by atoms with van der Waals surface area (Å²) in [6.07, 6.45) is 0. The number of fused-ring (bicyclic) bond motifs is 16. The van der Waals surface area contributed by atoms with Crippen LogP contribution < -0.4 is 26.0 Å². The summed E-state index contributed by atoms with van der Waals surface area (Å²) in [5.41, 5.74) is 17.5. The van der Waals surface area contributed by atoms with Gasteiger partial charge in [-0.25, -0.2) is 0 Å². The molecule has 5 nitrogen and oxygen atoms in total. The fourth-order valence-electron chi connectivity index (χ4n) is 11.7. The highest BCUT2D eigenvalue weighted by molar-refractivity contribution is 6.99. The fourth-order valence-corrected chi connectivity index (χ4v) is 11.7. The van der Waals surface area contributed by atoms with Crippen molar-refractivity contribution in [2.45, 2.75) is 0 Å². The van der Waals surface area contributed by atoms with E-state index in [4.69, 9.17) is 4.74 Å². The third kappa shape index (κ3) is 4.69.